The molecule has 0 bridgehead atoms. The summed E-state index contributed by atoms with van der Waals surface area (Å²) in [7, 11) is 0. The molecule has 0 radical (unpaired) electrons. The quantitative estimate of drug-likeness (QED) is 0.599. The van der Waals surface area contributed by atoms with Gasteiger partial charge >= 0.3 is 0 Å². The SMILES string of the molecule is Cc1nc2cc(Cl)c([C@H](C)Oc3ccc(C(=O)N4C[C@@H](C)C(O)[C@@H](C)C4)cc3)cc2c(=O)[nH]1. The number of benzene rings is 2. The monoisotopic (exact) mass is 469 g/mol. The molecule has 0 spiro atoms. The first kappa shape index (κ1) is 23.3. The van der Waals surface area contributed by atoms with Crippen molar-refractivity contribution in [3.8, 4) is 5.75 Å². The second-order valence-electron chi connectivity index (χ2n) is 8.98. The fourth-order valence-electron chi connectivity index (χ4n) is 4.44. The van der Waals surface area contributed by atoms with Crippen molar-refractivity contribution in [2.75, 3.05) is 13.1 Å². The Bertz CT molecular complexity index is 1230. The summed E-state index contributed by atoms with van der Waals surface area (Å²) in [6, 6.07) is 10.4. The number of likely N-dealkylation sites (tertiary alicyclic amines) is 1. The van der Waals surface area contributed by atoms with Crippen LogP contribution in [0, 0.1) is 18.8 Å². The van der Waals surface area contributed by atoms with Crippen LogP contribution in [0.4, 0.5) is 0 Å². The molecule has 8 heteroatoms. The Morgan fingerprint density at radius 1 is 1.21 bits per heavy atom. The number of carbonyl (C=O) groups is 1. The Morgan fingerprint density at radius 2 is 1.85 bits per heavy atom. The number of ether oxygens (including phenoxy) is 1. The highest BCUT2D eigenvalue weighted by atomic mass is 35.5. The summed E-state index contributed by atoms with van der Waals surface area (Å²) in [6.07, 6.45) is -0.807. The van der Waals surface area contributed by atoms with Gasteiger partial charge in [-0.1, -0.05) is 25.4 Å². The summed E-state index contributed by atoms with van der Waals surface area (Å²) in [4.78, 5) is 34.1. The van der Waals surface area contributed by atoms with Crippen LogP contribution >= 0.6 is 11.6 Å². The molecular formula is C25H28ClN3O4. The molecular weight excluding hydrogens is 442 g/mol. The van der Waals surface area contributed by atoms with E-state index in [0.29, 0.717) is 51.7 Å². The fraction of sp³-hybridized carbons (Fsp3) is 0.400. The summed E-state index contributed by atoms with van der Waals surface area (Å²) in [6.45, 7) is 8.56. The molecule has 3 aromatic rings. The van der Waals surface area contributed by atoms with Crippen LogP contribution in [0.15, 0.2) is 41.2 Å². The number of aryl methyl sites for hydroxylation is 1. The summed E-state index contributed by atoms with van der Waals surface area (Å²) in [5.41, 5.74) is 1.56. The summed E-state index contributed by atoms with van der Waals surface area (Å²) >= 11 is 6.46. The van der Waals surface area contributed by atoms with E-state index in [9.17, 15) is 14.7 Å². The van der Waals surface area contributed by atoms with Gasteiger partial charge in [0.25, 0.3) is 11.5 Å². The molecule has 7 nitrogen and oxygen atoms in total. The number of hydrogen-bond acceptors (Lipinski definition) is 5. The Hall–Kier alpha value is -2.90. The molecule has 0 aliphatic carbocycles. The molecule has 1 aliphatic rings. The lowest BCUT2D eigenvalue weighted by atomic mass is 9.88. The van der Waals surface area contributed by atoms with Crippen molar-refractivity contribution in [2.24, 2.45) is 11.8 Å². The van der Waals surface area contributed by atoms with E-state index in [0.717, 1.165) is 0 Å². The van der Waals surface area contributed by atoms with Gasteiger partial charge in [0.1, 0.15) is 17.7 Å². The molecule has 33 heavy (non-hydrogen) atoms. The van der Waals surface area contributed by atoms with Crippen LogP contribution in [0.1, 0.15) is 48.6 Å². The second kappa shape index (κ2) is 9.15. The van der Waals surface area contributed by atoms with Gasteiger partial charge in [-0.3, -0.25) is 9.59 Å². The maximum Gasteiger partial charge on any atom is 0.258 e. The van der Waals surface area contributed by atoms with Crippen LogP contribution in [0.2, 0.25) is 5.02 Å². The predicted octanol–water partition coefficient (Wildman–Crippen LogP) is 4.11. The number of hydrogen-bond donors (Lipinski definition) is 2. The number of fused-ring (bicyclic) bond motifs is 1. The minimum absolute atomic E-state index is 0.0409. The zero-order chi connectivity index (χ0) is 23.9. The average molecular weight is 470 g/mol. The van der Waals surface area contributed by atoms with E-state index >= 15 is 0 Å². The van der Waals surface area contributed by atoms with Gasteiger partial charge in [0, 0.05) is 29.2 Å². The van der Waals surface area contributed by atoms with Crippen molar-refractivity contribution in [1.82, 2.24) is 14.9 Å². The molecule has 2 aromatic carbocycles. The number of rotatable bonds is 4. The molecule has 4 rings (SSSR count). The van der Waals surface area contributed by atoms with Gasteiger partial charge in [0.15, 0.2) is 0 Å². The van der Waals surface area contributed by atoms with Crippen molar-refractivity contribution in [2.45, 2.75) is 39.9 Å². The van der Waals surface area contributed by atoms with Crippen molar-refractivity contribution in [3.05, 3.63) is 68.7 Å². The Labute approximate surface area is 197 Å². The summed E-state index contributed by atoms with van der Waals surface area (Å²) in [5.74, 6) is 1.14. The molecule has 1 aliphatic heterocycles. The van der Waals surface area contributed by atoms with Crippen molar-refractivity contribution >= 4 is 28.4 Å². The van der Waals surface area contributed by atoms with Gasteiger partial charge in [-0.2, -0.15) is 0 Å². The zero-order valence-corrected chi connectivity index (χ0v) is 19.9. The van der Waals surface area contributed by atoms with Crippen LogP contribution in [0.5, 0.6) is 5.75 Å². The number of carbonyl (C=O) groups excluding carboxylic acids is 1. The number of aromatic nitrogens is 2. The van der Waals surface area contributed by atoms with Crippen LogP contribution in [0.25, 0.3) is 10.9 Å². The van der Waals surface area contributed by atoms with Crippen LogP contribution in [0.3, 0.4) is 0 Å². The van der Waals surface area contributed by atoms with Gasteiger partial charge in [0.2, 0.25) is 0 Å². The largest absolute Gasteiger partial charge is 0.486 e. The third-order valence-electron chi connectivity index (χ3n) is 6.26. The molecule has 0 saturated carbocycles. The third kappa shape index (κ3) is 4.75. The van der Waals surface area contributed by atoms with Gasteiger partial charge in [-0.05, 0) is 62.1 Å². The lowest BCUT2D eigenvalue weighted by Gasteiger charge is -2.38. The number of aromatic amines is 1. The molecule has 1 saturated heterocycles. The van der Waals surface area contributed by atoms with Crippen LogP contribution in [-0.4, -0.2) is 45.1 Å². The van der Waals surface area contributed by atoms with E-state index < -0.39 is 6.10 Å². The summed E-state index contributed by atoms with van der Waals surface area (Å²) in [5, 5.41) is 11.1. The summed E-state index contributed by atoms with van der Waals surface area (Å²) < 4.78 is 6.05. The van der Waals surface area contributed by atoms with Gasteiger partial charge in [0.05, 0.1) is 17.0 Å². The number of amides is 1. The number of aliphatic hydroxyl groups is 1. The number of aliphatic hydroxyl groups excluding tert-OH is 1. The Kier molecular flexibility index (Phi) is 6.45. The molecule has 174 valence electrons. The lowest BCUT2D eigenvalue weighted by molar-refractivity contribution is -0.00351. The molecule has 2 heterocycles. The highest BCUT2D eigenvalue weighted by Gasteiger charge is 2.32. The van der Waals surface area contributed by atoms with Gasteiger partial charge < -0.3 is 19.7 Å². The van der Waals surface area contributed by atoms with Gasteiger partial charge in [-0.25, -0.2) is 4.98 Å². The molecule has 1 amide bonds. The van der Waals surface area contributed by atoms with Gasteiger partial charge in [-0.15, -0.1) is 0 Å². The minimum atomic E-state index is -0.422. The fourth-order valence-corrected chi connectivity index (χ4v) is 4.76. The first-order valence-corrected chi connectivity index (χ1v) is 11.5. The lowest BCUT2D eigenvalue weighted by Crippen LogP contribution is -2.49. The maximum absolute atomic E-state index is 12.9. The second-order valence-corrected chi connectivity index (χ2v) is 9.39. The minimum Gasteiger partial charge on any atom is -0.486 e. The van der Waals surface area contributed by atoms with Crippen molar-refractivity contribution in [1.29, 1.82) is 0 Å². The van der Waals surface area contributed by atoms with E-state index in [1.165, 1.54) is 0 Å². The Morgan fingerprint density at radius 3 is 2.48 bits per heavy atom. The number of H-pyrrole nitrogens is 1. The van der Waals surface area contributed by atoms with Crippen molar-refractivity contribution < 1.29 is 14.6 Å². The van der Waals surface area contributed by atoms with E-state index in [1.807, 2.05) is 20.8 Å². The smallest absolute Gasteiger partial charge is 0.258 e. The van der Waals surface area contributed by atoms with E-state index in [4.69, 9.17) is 16.3 Å². The molecule has 1 fully saturated rings. The molecule has 1 aromatic heterocycles. The van der Waals surface area contributed by atoms with E-state index in [-0.39, 0.29) is 29.4 Å². The van der Waals surface area contributed by atoms with E-state index in [1.54, 1.807) is 48.2 Å². The maximum atomic E-state index is 12.9. The number of halogens is 1. The van der Waals surface area contributed by atoms with Crippen LogP contribution in [-0.2, 0) is 0 Å². The standard InChI is InChI=1S/C25H28ClN3O4/c1-13-11-29(12-14(2)23(13)30)25(32)17-5-7-18(8-6-17)33-15(3)19-9-20-22(10-21(19)26)27-16(4)28-24(20)31/h5-10,13-15,23,30H,11-12H2,1-4H3,(H,27,28,31)/t13-,14+,15-,23?/m0/s1. The first-order chi connectivity index (χ1) is 15.6. The normalized spacial score (nSPS) is 21.8. The highest BCUT2D eigenvalue weighted by molar-refractivity contribution is 6.32. The zero-order valence-electron chi connectivity index (χ0n) is 19.1. The molecule has 1 unspecified atom stereocenters. The Balaban J connectivity index is 1.50. The van der Waals surface area contributed by atoms with E-state index in [2.05, 4.69) is 9.97 Å². The predicted molar refractivity (Wildman–Crippen MR) is 128 cm³/mol. The number of piperidine rings is 1. The molecule has 2 N–H and O–H groups in total. The highest BCUT2D eigenvalue weighted by Crippen LogP contribution is 2.30. The average Bonchev–Trinajstić information content (AvgIpc) is 2.76. The van der Waals surface area contributed by atoms with Crippen molar-refractivity contribution in [3.63, 3.8) is 0 Å². The third-order valence-corrected chi connectivity index (χ3v) is 6.59. The molecule has 4 atom stereocenters. The number of nitrogens with zero attached hydrogens (tertiary/aromatic N) is 2. The van der Waals surface area contributed by atoms with Crippen LogP contribution < -0.4 is 10.3 Å². The number of nitrogens with one attached hydrogen (secondary N) is 1. The topological polar surface area (TPSA) is 95.5 Å². The first-order valence-electron chi connectivity index (χ1n) is 11.1.